The minimum Gasteiger partial charge on any atom is -0.481 e. The molecule has 1 aromatic rings. The molecule has 0 fully saturated rings. The van der Waals surface area contributed by atoms with Crippen LogP contribution in [0.1, 0.15) is 5.56 Å². The van der Waals surface area contributed by atoms with Crippen molar-refractivity contribution >= 4 is 12.0 Å². The summed E-state index contributed by atoms with van der Waals surface area (Å²) in [4.78, 5) is 22.0. The van der Waals surface area contributed by atoms with Gasteiger partial charge in [-0.05, 0) is 5.56 Å². The molecule has 2 amide bonds. The summed E-state index contributed by atoms with van der Waals surface area (Å²) in [5.74, 6) is -11.0. The Labute approximate surface area is 127 Å². The van der Waals surface area contributed by atoms with Crippen molar-refractivity contribution in [2.45, 2.75) is 18.6 Å². The monoisotopic (exact) mass is 340 g/mol. The Morgan fingerprint density at radius 1 is 1.04 bits per heavy atom. The molecule has 0 aromatic heterocycles. The van der Waals surface area contributed by atoms with Crippen molar-refractivity contribution in [3.63, 3.8) is 0 Å². The Morgan fingerprint density at radius 2 is 1.61 bits per heavy atom. The fraction of sp³-hybridized carbons (Fsp3) is 0.385. The minimum atomic E-state index is -6.03. The van der Waals surface area contributed by atoms with Crippen LogP contribution in [0.5, 0.6) is 0 Å². The number of aliphatic carboxylic acids is 1. The van der Waals surface area contributed by atoms with E-state index in [4.69, 9.17) is 5.11 Å². The van der Waals surface area contributed by atoms with Gasteiger partial charge in [-0.3, -0.25) is 4.79 Å². The van der Waals surface area contributed by atoms with Crippen LogP contribution in [0.15, 0.2) is 30.3 Å². The summed E-state index contributed by atoms with van der Waals surface area (Å²) < 4.78 is 62.7. The summed E-state index contributed by atoms with van der Waals surface area (Å²) in [5.41, 5.74) is 0.665. The molecule has 128 valence electrons. The molecule has 0 spiro atoms. The minimum absolute atomic E-state index is 0.0000745. The summed E-state index contributed by atoms with van der Waals surface area (Å²) in [6, 6.07) is 7.33. The first-order valence-corrected chi connectivity index (χ1v) is 6.28. The van der Waals surface area contributed by atoms with E-state index < -0.39 is 36.6 Å². The van der Waals surface area contributed by atoms with Crippen LogP contribution in [-0.4, -0.2) is 35.8 Å². The number of hydrogen-bond donors (Lipinski definition) is 3. The lowest BCUT2D eigenvalue weighted by Crippen LogP contribution is -2.52. The normalized spacial score (nSPS) is 13.3. The molecule has 0 aliphatic carbocycles. The first kappa shape index (κ1) is 18.7. The van der Waals surface area contributed by atoms with Crippen molar-refractivity contribution in [2.75, 3.05) is 6.54 Å². The molecule has 3 N–H and O–H groups in total. The Morgan fingerprint density at radius 3 is 2.09 bits per heavy atom. The number of amides is 2. The van der Waals surface area contributed by atoms with Crippen molar-refractivity contribution in [3.8, 4) is 0 Å². The molecule has 0 radical (unpaired) electrons. The highest BCUT2D eigenvalue weighted by Crippen LogP contribution is 2.41. The van der Waals surface area contributed by atoms with Crippen LogP contribution in [0.25, 0.3) is 0 Å². The topological polar surface area (TPSA) is 78.4 Å². The molecule has 1 rings (SSSR count). The summed E-state index contributed by atoms with van der Waals surface area (Å²) in [6.07, 6.45) is -6.03. The third-order valence-electron chi connectivity index (χ3n) is 2.88. The van der Waals surface area contributed by atoms with Crippen molar-refractivity contribution < 1.29 is 36.6 Å². The van der Waals surface area contributed by atoms with Gasteiger partial charge in [-0.15, -0.1) is 0 Å². The second kappa shape index (κ2) is 7.25. The number of rotatable bonds is 6. The predicted octanol–water partition coefficient (Wildman–Crippen LogP) is 2.38. The Bertz CT molecular complexity index is 548. The third kappa shape index (κ3) is 5.08. The van der Waals surface area contributed by atoms with Crippen LogP contribution in [0, 0.1) is 5.92 Å². The van der Waals surface area contributed by atoms with Crippen molar-refractivity contribution in [3.05, 3.63) is 35.9 Å². The number of carboxylic acid groups (broad SMARTS) is 1. The Balaban J connectivity index is 2.59. The van der Waals surface area contributed by atoms with E-state index >= 15 is 0 Å². The highest BCUT2D eigenvalue weighted by molar-refractivity contribution is 5.76. The quantitative estimate of drug-likeness (QED) is 0.696. The number of urea groups is 1. The van der Waals surface area contributed by atoms with E-state index in [9.17, 15) is 31.5 Å². The molecule has 23 heavy (non-hydrogen) atoms. The molecule has 0 heterocycles. The second-order valence-electron chi connectivity index (χ2n) is 4.56. The average molecular weight is 340 g/mol. The van der Waals surface area contributed by atoms with Gasteiger partial charge in [0.05, 0.1) is 0 Å². The van der Waals surface area contributed by atoms with Crippen LogP contribution in [0.2, 0.25) is 0 Å². The molecule has 0 aliphatic heterocycles. The molecule has 1 unspecified atom stereocenters. The fourth-order valence-electron chi connectivity index (χ4n) is 1.60. The highest BCUT2D eigenvalue weighted by Gasteiger charge is 2.64. The van der Waals surface area contributed by atoms with Gasteiger partial charge in [0.15, 0.2) is 0 Å². The van der Waals surface area contributed by atoms with Crippen LogP contribution < -0.4 is 10.6 Å². The summed E-state index contributed by atoms with van der Waals surface area (Å²) in [7, 11) is 0. The molecule has 1 atom stereocenters. The largest absolute Gasteiger partial charge is 0.481 e. The zero-order chi connectivity index (χ0) is 17.7. The smallest absolute Gasteiger partial charge is 0.454 e. The van der Waals surface area contributed by atoms with E-state index in [1.165, 1.54) is 0 Å². The lowest BCUT2D eigenvalue weighted by atomic mass is 10.0. The van der Waals surface area contributed by atoms with E-state index in [0.29, 0.717) is 5.56 Å². The van der Waals surface area contributed by atoms with Gasteiger partial charge < -0.3 is 15.7 Å². The number of benzene rings is 1. The molecular weight excluding hydrogens is 327 g/mol. The van der Waals surface area contributed by atoms with Crippen LogP contribution in [-0.2, 0) is 11.3 Å². The number of nitrogens with one attached hydrogen (secondary N) is 2. The van der Waals surface area contributed by atoms with Crippen molar-refractivity contribution in [1.82, 2.24) is 10.6 Å². The third-order valence-corrected chi connectivity index (χ3v) is 2.88. The molecule has 0 bridgehead atoms. The van der Waals surface area contributed by atoms with Gasteiger partial charge in [0.2, 0.25) is 0 Å². The molecule has 10 heteroatoms. The maximum atomic E-state index is 13.1. The molecule has 0 saturated carbocycles. The van der Waals surface area contributed by atoms with Crippen molar-refractivity contribution in [1.29, 1.82) is 0 Å². The summed E-state index contributed by atoms with van der Waals surface area (Å²) in [5, 5.41) is 12.5. The Kier molecular flexibility index (Phi) is 5.88. The number of carboxylic acids is 1. The van der Waals surface area contributed by atoms with Gasteiger partial charge in [-0.1, -0.05) is 30.3 Å². The molecular formula is C13H13F5N2O3. The number of carbonyl (C=O) groups is 2. The van der Waals surface area contributed by atoms with Gasteiger partial charge in [0, 0.05) is 13.1 Å². The number of alkyl halides is 5. The first-order valence-electron chi connectivity index (χ1n) is 6.28. The maximum absolute atomic E-state index is 13.1. The van der Waals surface area contributed by atoms with Gasteiger partial charge in [0.1, 0.15) is 5.92 Å². The fourth-order valence-corrected chi connectivity index (χ4v) is 1.60. The SMILES string of the molecule is O=C(NCc1ccccc1)NCC(C(=O)O)C(F)(F)C(F)(F)F. The second-order valence-corrected chi connectivity index (χ2v) is 4.56. The molecule has 0 saturated heterocycles. The standard InChI is InChI=1S/C13H13F5N2O3/c14-12(15,13(16,17)18)9(10(21)22)7-20-11(23)19-6-8-4-2-1-3-5-8/h1-5,9H,6-7H2,(H,21,22)(H2,19,20,23). The average Bonchev–Trinajstić information content (AvgIpc) is 2.44. The maximum Gasteiger partial charge on any atom is 0.454 e. The van der Waals surface area contributed by atoms with Crippen LogP contribution >= 0.6 is 0 Å². The van der Waals surface area contributed by atoms with E-state index in [0.717, 1.165) is 0 Å². The first-order chi connectivity index (χ1) is 10.6. The zero-order valence-electron chi connectivity index (χ0n) is 11.5. The molecule has 5 nitrogen and oxygen atoms in total. The van der Waals surface area contributed by atoms with Crippen LogP contribution in [0.4, 0.5) is 26.7 Å². The summed E-state index contributed by atoms with van der Waals surface area (Å²) in [6.45, 7) is -1.37. The van der Waals surface area contributed by atoms with Gasteiger partial charge in [0.25, 0.3) is 0 Å². The van der Waals surface area contributed by atoms with E-state index in [2.05, 4.69) is 5.32 Å². The van der Waals surface area contributed by atoms with Gasteiger partial charge >= 0.3 is 24.1 Å². The van der Waals surface area contributed by atoms with E-state index in [1.54, 1.807) is 35.6 Å². The summed E-state index contributed by atoms with van der Waals surface area (Å²) >= 11 is 0. The molecule has 1 aromatic carbocycles. The van der Waals surface area contributed by atoms with Gasteiger partial charge in [-0.25, -0.2) is 4.79 Å². The van der Waals surface area contributed by atoms with Crippen molar-refractivity contribution in [2.24, 2.45) is 5.92 Å². The lowest BCUT2D eigenvalue weighted by molar-refractivity contribution is -0.300. The predicted molar refractivity (Wildman–Crippen MR) is 68.8 cm³/mol. The molecule has 0 aliphatic rings. The number of carbonyl (C=O) groups excluding carboxylic acids is 1. The number of halogens is 5. The number of hydrogen-bond acceptors (Lipinski definition) is 2. The van der Waals surface area contributed by atoms with Crippen LogP contribution in [0.3, 0.4) is 0 Å². The lowest BCUT2D eigenvalue weighted by Gasteiger charge is -2.25. The van der Waals surface area contributed by atoms with E-state index in [-0.39, 0.29) is 6.54 Å². The zero-order valence-corrected chi connectivity index (χ0v) is 11.5. The Hall–Kier alpha value is -2.39. The van der Waals surface area contributed by atoms with Gasteiger partial charge in [-0.2, -0.15) is 22.0 Å². The highest BCUT2D eigenvalue weighted by atomic mass is 19.4. The van der Waals surface area contributed by atoms with E-state index in [1.807, 2.05) is 0 Å².